The lowest BCUT2D eigenvalue weighted by Gasteiger charge is -2.07. The van der Waals surface area contributed by atoms with Crippen LogP contribution < -0.4 is 4.74 Å². The van der Waals surface area contributed by atoms with Crippen LogP contribution >= 0.6 is 0 Å². The van der Waals surface area contributed by atoms with Crippen LogP contribution in [-0.2, 0) is 14.3 Å². The molecule has 0 saturated carbocycles. The van der Waals surface area contributed by atoms with Gasteiger partial charge in [0.25, 0.3) is 0 Å². The number of cyclic esters (lactones) is 2. The highest BCUT2D eigenvalue weighted by atomic mass is 16.6. The number of hydrogen-bond donors (Lipinski definition) is 0. The average molecular weight is 408 g/mol. The summed E-state index contributed by atoms with van der Waals surface area (Å²) in [5, 5.41) is 0. The van der Waals surface area contributed by atoms with Gasteiger partial charge in [0, 0.05) is 0 Å². The first-order valence-electron chi connectivity index (χ1n) is 9.81. The van der Waals surface area contributed by atoms with Crippen LogP contribution in [-0.4, -0.2) is 19.0 Å². The summed E-state index contributed by atoms with van der Waals surface area (Å²) in [5.41, 5.74) is 3.66. The van der Waals surface area contributed by atoms with E-state index in [9.17, 15) is 9.59 Å². The maximum Gasteiger partial charge on any atom is 0.347 e. The van der Waals surface area contributed by atoms with E-state index in [1.54, 1.807) is 25.3 Å². The van der Waals surface area contributed by atoms with E-state index in [-0.39, 0.29) is 11.1 Å². The first-order chi connectivity index (χ1) is 15.2. The molecule has 4 nitrogen and oxygen atoms in total. The summed E-state index contributed by atoms with van der Waals surface area (Å²) < 4.78 is 10.2. The number of allylic oxidation sites excluding steroid dienone is 2. The highest BCUT2D eigenvalue weighted by Gasteiger charge is 2.35. The fourth-order valence-electron chi connectivity index (χ4n) is 3.34. The molecular weight excluding hydrogens is 388 g/mol. The molecule has 1 aliphatic rings. The highest BCUT2D eigenvalue weighted by Crippen LogP contribution is 2.33. The van der Waals surface area contributed by atoms with E-state index in [4.69, 9.17) is 9.47 Å². The quantitative estimate of drug-likeness (QED) is 0.325. The maximum atomic E-state index is 12.7. The van der Waals surface area contributed by atoms with Crippen molar-refractivity contribution >= 4 is 29.7 Å². The molecule has 0 radical (unpaired) electrons. The second-order valence-electron chi connectivity index (χ2n) is 6.91. The summed E-state index contributed by atoms with van der Waals surface area (Å²) in [6, 6.07) is 26.5. The van der Waals surface area contributed by atoms with Crippen molar-refractivity contribution in [3.63, 3.8) is 0 Å². The van der Waals surface area contributed by atoms with Crippen LogP contribution in [0.1, 0.15) is 16.7 Å². The standard InChI is InChI=1S/C27H20O4/c1-30-22-15-12-20(13-16-22)18-24-25(27(29)31-26(24)28)23(21-10-6-3-7-11-21)17-14-19-8-4-2-5-9-19/h2-18H,1H3/b17-14+,24-18+,25-23-. The normalized spacial score (nSPS) is 16.6. The third kappa shape index (κ3) is 4.54. The Labute approximate surface area is 180 Å². The van der Waals surface area contributed by atoms with Crippen LogP contribution in [0.5, 0.6) is 5.75 Å². The van der Waals surface area contributed by atoms with Crippen molar-refractivity contribution in [1.82, 2.24) is 0 Å². The smallest absolute Gasteiger partial charge is 0.347 e. The first kappa shape index (κ1) is 20.1. The van der Waals surface area contributed by atoms with Gasteiger partial charge in [0.15, 0.2) is 0 Å². The van der Waals surface area contributed by atoms with E-state index >= 15 is 0 Å². The van der Waals surface area contributed by atoms with Crippen LogP contribution in [0, 0.1) is 0 Å². The van der Waals surface area contributed by atoms with E-state index in [0.29, 0.717) is 11.3 Å². The Morgan fingerprint density at radius 1 is 0.774 bits per heavy atom. The second kappa shape index (κ2) is 9.09. The number of methoxy groups -OCH3 is 1. The van der Waals surface area contributed by atoms with Crippen molar-refractivity contribution in [3.05, 3.63) is 119 Å². The van der Waals surface area contributed by atoms with Crippen LogP contribution in [0.25, 0.3) is 17.7 Å². The minimum Gasteiger partial charge on any atom is -0.497 e. The topological polar surface area (TPSA) is 52.6 Å². The van der Waals surface area contributed by atoms with Gasteiger partial charge in [0.1, 0.15) is 5.75 Å². The molecule has 152 valence electrons. The van der Waals surface area contributed by atoms with Gasteiger partial charge < -0.3 is 9.47 Å². The van der Waals surface area contributed by atoms with E-state index in [1.807, 2.05) is 84.9 Å². The molecule has 0 aromatic heterocycles. The van der Waals surface area contributed by atoms with Gasteiger partial charge in [-0.15, -0.1) is 0 Å². The van der Waals surface area contributed by atoms with Crippen molar-refractivity contribution in [2.24, 2.45) is 0 Å². The summed E-state index contributed by atoms with van der Waals surface area (Å²) in [6.45, 7) is 0. The Kier molecular flexibility index (Phi) is 5.90. The summed E-state index contributed by atoms with van der Waals surface area (Å²) >= 11 is 0. The fraction of sp³-hybridized carbons (Fsp3) is 0.0370. The molecule has 3 aromatic carbocycles. The molecule has 31 heavy (non-hydrogen) atoms. The molecule has 1 aliphatic heterocycles. The molecule has 4 heteroatoms. The van der Waals surface area contributed by atoms with Gasteiger partial charge in [-0.2, -0.15) is 0 Å². The Hall–Kier alpha value is -4.18. The molecule has 0 atom stereocenters. The predicted molar refractivity (Wildman–Crippen MR) is 121 cm³/mol. The number of hydrogen-bond acceptors (Lipinski definition) is 4. The van der Waals surface area contributed by atoms with Crippen LogP contribution in [0.4, 0.5) is 0 Å². The van der Waals surface area contributed by atoms with Gasteiger partial charge >= 0.3 is 11.9 Å². The van der Waals surface area contributed by atoms with Gasteiger partial charge in [-0.3, -0.25) is 0 Å². The molecule has 0 bridgehead atoms. The number of carbonyl (C=O) groups excluding carboxylic acids is 2. The molecule has 0 aliphatic carbocycles. The number of benzene rings is 3. The van der Waals surface area contributed by atoms with Gasteiger partial charge in [-0.1, -0.05) is 84.9 Å². The van der Waals surface area contributed by atoms with E-state index < -0.39 is 11.9 Å². The minimum absolute atomic E-state index is 0.228. The fourth-order valence-corrected chi connectivity index (χ4v) is 3.34. The van der Waals surface area contributed by atoms with Gasteiger partial charge in [-0.25, -0.2) is 9.59 Å². The molecule has 0 spiro atoms. The SMILES string of the molecule is COc1ccc(/C=C2/C(=O)OC(=O)/C2=C(/C=C/c2ccccc2)c2ccccc2)cc1. The molecule has 1 fully saturated rings. The molecule has 1 heterocycles. The molecule has 1 saturated heterocycles. The third-order valence-electron chi connectivity index (χ3n) is 4.90. The van der Waals surface area contributed by atoms with E-state index in [0.717, 1.165) is 16.7 Å². The second-order valence-corrected chi connectivity index (χ2v) is 6.91. The van der Waals surface area contributed by atoms with Gasteiger partial charge in [0.2, 0.25) is 0 Å². The first-order valence-corrected chi connectivity index (χ1v) is 9.81. The van der Waals surface area contributed by atoms with Crippen LogP contribution in [0.3, 0.4) is 0 Å². The Morgan fingerprint density at radius 3 is 2.06 bits per heavy atom. The molecule has 3 aromatic rings. The van der Waals surface area contributed by atoms with Crippen molar-refractivity contribution in [2.45, 2.75) is 0 Å². The summed E-state index contributed by atoms with van der Waals surface area (Å²) in [7, 11) is 1.59. The maximum absolute atomic E-state index is 12.7. The van der Waals surface area contributed by atoms with Crippen LogP contribution in [0.2, 0.25) is 0 Å². The molecule has 0 unspecified atom stereocenters. The Balaban J connectivity index is 1.86. The number of rotatable bonds is 5. The minimum atomic E-state index is -0.655. The zero-order chi connectivity index (χ0) is 21.6. The van der Waals surface area contributed by atoms with Crippen molar-refractivity contribution < 1.29 is 19.1 Å². The Morgan fingerprint density at radius 2 is 1.42 bits per heavy atom. The molecule has 0 N–H and O–H groups in total. The number of ether oxygens (including phenoxy) is 2. The van der Waals surface area contributed by atoms with Crippen LogP contribution in [0.15, 0.2) is 102 Å². The van der Waals surface area contributed by atoms with Crippen molar-refractivity contribution in [1.29, 1.82) is 0 Å². The average Bonchev–Trinajstić information content (AvgIpc) is 3.09. The zero-order valence-corrected chi connectivity index (χ0v) is 16.9. The number of esters is 2. The lowest BCUT2D eigenvalue weighted by Crippen LogP contribution is -1.99. The predicted octanol–water partition coefficient (Wildman–Crippen LogP) is 5.33. The molecule has 0 amide bonds. The zero-order valence-electron chi connectivity index (χ0n) is 16.9. The van der Waals surface area contributed by atoms with Gasteiger partial charge in [-0.05, 0) is 40.5 Å². The largest absolute Gasteiger partial charge is 0.497 e. The monoisotopic (exact) mass is 408 g/mol. The summed E-state index contributed by atoms with van der Waals surface area (Å²) in [4.78, 5) is 25.3. The summed E-state index contributed by atoms with van der Waals surface area (Å²) in [5.74, 6) is -0.600. The molecule has 4 rings (SSSR count). The lowest BCUT2D eigenvalue weighted by molar-refractivity contribution is -0.149. The highest BCUT2D eigenvalue weighted by molar-refractivity contribution is 6.24. The van der Waals surface area contributed by atoms with Crippen molar-refractivity contribution in [3.8, 4) is 5.75 Å². The molecular formula is C27H20O4. The van der Waals surface area contributed by atoms with E-state index in [2.05, 4.69) is 0 Å². The summed E-state index contributed by atoms with van der Waals surface area (Å²) in [6.07, 6.45) is 5.43. The number of carbonyl (C=O) groups is 2. The van der Waals surface area contributed by atoms with E-state index in [1.165, 1.54) is 0 Å². The third-order valence-corrected chi connectivity index (χ3v) is 4.90. The van der Waals surface area contributed by atoms with Crippen molar-refractivity contribution in [2.75, 3.05) is 7.11 Å². The Bertz CT molecular complexity index is 1190. The van der Waals surface area contributed by atoms with Gasteiger partial charge in [0.05, 0.1) is 18.3 Å². The lowest BCUT2D eigenvalue weighted by atomic mass is 9.93.